The highest BCUT2D eigenvalue weighted by Crippen LogP contribution is 2.24. The van der Waals surface area contributed by atoms with Gasteiger partial charge in [0.15, 0.2) is 0 Å². The molecule has 0 aliphatic heterocycles. The SMILES string of the molecule is C[C@](O)(CNC(=O)CCCn1ccnc1)c1cccs1. The zero-order valence-corrected chi connectivity index (χ0v) is 12.3. The predicted octanol–water partition coefficient (Wildman–Crippen LogP) is 1.75. The van der Waals surface area contributed by atoms with Crippen LogP contribution >= 0.6 is 11.3 Å². The molecule has 0 saturated heterocycles. The fourth-order valence-corrected chi connectivity index (χ4v) is 2.66. The van der Waals surface area contributed by atoms with Crippen LogP contribution in [0, 0.1) is 0 Å². The van der Waals surface area contributed by atoms with E-state index < -0.39 is 5.60 Å². The lowest BCUT2D eigenvalue weighted by molar-refractivity contribution is -0.122. The molecule has 0 aromatic carbocycles. The van der Waals surface area contributed by atoms with E-state index in [1.165, 1.54) is 11.3 Å². The summed E-state index contributed by atoms with van der Waals surface area (Å²) in [6, 6.07) is 3.76. The van der Waals surface area contributed by atoms with Gasteiger partial charge in [0.2, 0.25) is 5.91 Å². The van der Waals surface area contributed by atoms with Crippen molar-refractivity contribution in [1.82, 2.24) is 14.9 Å². The molecule has 108 valence electrons. The number of nitrogens with one attached hydrogen (secondary N) is 1. The first-order chi connectivity index (χ1) is 9.58. The normalized spacial score (nSPS) is 13.9. The minimum absolute atomic E-state index is 0.0399. The second-order valence-corrected chi connectivity index (χ2v) is 5.88. The van der Waals surface area contributed by atoms with Crippen molar-refractivity contribution in [3.05, 3.63) is 41.1 Å². The molecule has 0 fully saturated rings. The highest BCUT2D eigenvalue weighted by Gasteiger charge is 2.24. The zero-order valence-electron chi connectivity index (χ0n) is 11.5. The summed E-state index contributed by atoms with van der Waals surface area (Å²) in [6.07, 6.45) is 6.53. The molecule has 1 atom stereocenters. The van der Waals surface area contributed by atoms with Crippen LogP contribution in [-0.4, -0.2) is 27.1 Å². The standard InChI is InChI=1S/C14H19N3O2S/c1-14(19,12-4-3-9-20-12)10-16-13(18)5-2-7-17-8-6-15-11-17/h3-4,6,8-9,11,19H,2,5,7,10H2,1H3,(H,16,18)/t14-/m0/s1. The molecule has 0 spiro atoms. The Bertz CT molecular complexity index is 521. The van der Waals surface area contributed by atoms with Gasteiger partial charge in [-0.1, -0.05) is 6.07 Å². The molecule has 5 nitrogen and oxygen atoms in total. The Morgan fingerprint density at radius 1 is 1.60 bits per heavy atom. The Labute approximate surface area is 122 Å². The third-order valence-electron chi connectivity index (χ3n) is 3.06. The van der Waals surface area contributed by atoms with Crippen molar-refractivity contribution >= 4 is 17.2 Å². The summed E-state index contributed by atoms with van der Waals surface area (Å²) in [7, 11) is 0. The van der Waals surface area contributed by atoms with Gasteiger partial charge in [0.1, 0.15) is 5.60 Å². The molecule has 0 saturated carbocycles. The molecule has 0 aliphatic rings. The Hall–Kier alpha value is -1.66. The van der Waals surface area contributed by atoms with Crippen molar-refractivity contribution in [3.8, 4) is 0 Å². The number of thiophene rings is 1. The van der Waals surface area contributed by atoms with Crippen molar-refractivity contribution in [3.63, 3.8) is 0 Å². The van der Waals surface area contributed by atoms with E-state index in [1.54, 1.807) is 19.4 Å². The van der Waals surface area contributed by atoms with E-state index in [2.05, 4.69) is 10.3 Å². The summed E-state index contributed by atoms with van der Waals surface area (Å²) >= 11 is 1.49. The molecule has 2 heterocycles. The first-order valence-corrected chi connectivity index (χ1v) is 7.45. The predicted molar refractivity (Wildman–Crippen MR) is 78.4 cm³/mol. The fourth-order valence-electron chi connectivity index (χ4n) is 1.87. The van der Waals surface area contributed by atoms with Gasteiger partial charge in [0, 0.05) is 30.2 Å². The van der Waals surface area contributed by atoms with Gasteiger partial charge in [-0.3, -0.25) is 4.79 Å². The first-order valence-electron chi connectivity index (χ1n) is 6.57. The molecule has 6 heteroatoms. The number of aryl methyl sites for hydroxylation is 1. The van der Waals surface area contributed by atoms with Crippen LogP contribution in [0.4, 0.5) is 0 Å². The van der Waals surface area contributed by atoms with Gasteiger partial charge >= 0.3 is 0 Å². The fraction of sp³-hybridized carbons (Fsp3) is 0.429. The summed E-state index contributed by atoms with van der Waals surface area (Å²) in [5, 5.41) is 15.0. The lowest BCUT2D eigenvalue weighted by Crippen LogP contribution is -2.38. The van der Waals surface area contributed by atoms with Crippen LogP contribution in [0.5, 0.6) is 0 Å². The van der Waals surface area contributed by atoms with E-state index in [4.69, 9.17) is 0 Å². The molecule has 2 aromatic rings. The molecule has 0 radical (unpaired) electrons. The van der Waals surface area contributed by atoms with E-state index in [-0.39, 0.29) is 12.5 Å². The highest BCUT2D eigenvalue weighted by molar-refractivity contribution is 7.10. The number of carbonyl (C=O) groups is 1. The number of carbonyl (C=O) groups excluding carboxylic acids is 1. The largest absolute Gasteiger partial charge is 0.383 e. The lowest BCUT2D eigenvalue weighted by atomic mass is 10.1. The second-order valence-electron chi connectivity index (χ2n) is 4.93. The van der Waals surface area contributed by atoms with Crippen LogP contribution in [-0.2, 0) is 16.9 Å². The van der Waals surface area contributed by atoms with Crippen molar-refractivity contribution in [1.29, 1.82) is 0 Å². The van der Waals surface area contributed by atoms with Crippen molar-refractivity contribution in [2.45, 2.75) is 31.9 Å². The van der Waals surface area contributed by atoms with Gasteiger partial charge in [-0.25, -0.2) is 4.98 Å². The summed E-state index contributed by atoms with van der Waals surface area (Å²) in [6.45, 7) is 2.72. The lowest BCUT2D eigenvalue weighted by Gasteiger charge is -2.22. The first kappa shape index (κ1) is 14.7. The van der Waals surface area contributed by atoms with Crippen LogP contribution < -0.4 is 5.32 Å². The molecule has 2 N–H and O–H groups in total. The highest BCUT2D eigenvalue weighted by atomic mass is 32.1. The van der Waals surface area contributed by atoms with Crippen LogP contribution in [0.3, 0.4) is 0 Å². The number of hydrogen-bond acceptors (Lipinski definition) is 4. The van der Waals surface area contributed by atoms with Crippen molar-refractivity contribution in [2.24, 2.45) is 0 Å². The molecular formula is C14H19N3O2S. The number of aromatic nitrogens is 2. The topological polar surface area (TPSA) is 67.2 Å². The smallest absolute Gasteiger partial charge is 0.220 e. The number of amides is 1. The van der Waals surface area contributed by atoms with E-state index >= 15 is 0 Å². The third-order valence-corrected chi connectivity index (χ3v) is 4.18. The van der Waals surface area contributed by atoms with Crippen LogP contribution in [0.25, 0.3) is 0 Å². The quantitative estimate of drug-likeness (QED) is 0.817. The zero-order chi connectivity index (χ0) is 14.4. The Morgan fingerprint density at radius 3 is 3.10 bits per heavy atom. The molecule has 0 aliphatic carbocycles. The van der Waals surface area contributed by atoms with Gasteiger partial charge < -0.3 is 15.0 Å². The maximum atomic E-state index is 11.7. The van der Waals surface area contributed by atoms with E-state index in [0.717, 1.165) is 17.8 Å². The van der Waals surface area contributed by atoms with Crippen molar-refractivity contribution in [2.75, 3.05) is 6.54 Å². The average molecular weight is 293 g/mol. The minimum atomic E-state index is -1.01. The van der Waals surface area contributed by atoms with Gasteiger partial charge in [0.25, 0.3) is 0 Å². The summed E-state index contributed by atoms with van der Waals surface area (Å²) in [5.41, 5.74) is -1.01. The molecule has 0 bridgehead atoms. The van der Waals surface area contributed by atoms with Gasteiger partial charge in [-0.2, -0.15) is 0 Å². The maximum absolute atomic E-state index is 11.7. The van der Waals surface area contributed by atoms with Gasteiger partial charge in [-0.05, 0) is 24.8 Å². The molecular weight excluding hydrogens is 274 g/mol. The third kappa shape index (κ3) is 4.18. The summed E-state index contributed by atoms with van der Waals surface area (Å²) < 4.78 is 1.94. The molecule has 2 rings (SSSR count). The second kappa shape index (κ2) is 6.67. The number of rotatable bonds is 7. The number of imidazole rings is 1. The Morgan fingerprint density at radius 2 is 2.45 bits per heavy atom. The Balaban J connectivity index is 1.69. The molecule has 2 aromatic heterocycles. The molecule has 1 amide bonds. The van der Waals surface area contributed by atoms with Crippen LogP contribution in [0.1, 0.15) is 24.6 Å². The van der Waals surface area contributed by atoms with Gasteiger partial charge in [-0.15, -0.1) is 11.3 Å². The average Bonchev–Trinajstić information content (AvgIpc) is 3.09. The Kier molecular flexibility index (Phi) is 4.92. The van der Waals surface area contributed by atoms with E-state index in [1.807, 2.05) is 28.3 Å². The number of hydrogen-bond donors (Lipinski definition) is 2. The minimum Gasteiger partial charge on any atom is -0.383 e. The van der Waals surface area contributed by atoms with Crippen molar-refractivity contribution < 1.29 is 9.90 Å². The van der Waals surface area contributed by atoms with E-state index in [0.29, 0.717) is 6.42 Å². The summed E-state index contributed by atoms with van der Waals surface area (Å²) in [4.78, 5) is 16.5. The van der Waals surface area contributed by atoms with Crippen LogP contribution in [0.15, 0.2) is 36.2 Å². The summed E-state index contributed by atoms with van der Waals surface area (Å²) in [5.74, 6) is -0.0399. The molecule has 20 heavy (non-hydrogen) atoms. The monoisotopic (exact) mass is 293 g/mol. The number of nitrogens with zero attached hydrogens (tertiary/aromatic N) is 2. The molecule has 0 unspecified atom stereocenters. The van der Waals surface area contributed by atoms with Crippen LogP contribution in [0.2, 0.25) is 0 Å². The van der Waals surface area contributed by atoms with Gasteiger partial charge in [0.05, 0.1) is 12.9 Å². The van der Waals surface area contributed by atoms with E-state index in [9.17, 15) is 9.90 Å². The number of aliphatic hydroxyl groups is 1. The maximum Gasteiger partial charge on any atom is 0.220 e.